The Kier molecular flexibility index (Phi) is 2.23. The van der Waals surface area contributed by atoms with Crippen LogP contribution in [-0.4, -0.2) is 20.9 Å². The van der Waals surface area contributed by atoms with Crippen molar-refractivity contribution in [1.29, 1.82) is 0 Å². The number of carbonyl (C=O) groups excluding carboxylic acids is 1. The Morgan fingerprint density at radius 1 is 1.20 bits per heavy atom. The van der Waals surface area contributed by atoms with Gasteiger partial charge in [-0.3, -0.25) is 4.79 Å². The molecule has 0 saturated heterocycles. The molecular weight excluding hydrogens is 256 g/mol. The number of benzene rings is 1. The zero-order valence-corrected chi connectivity index (χ0v) is 10.4. The number of carbonyl (C=O) groups is 1. The molecule has 4 rings (SSSR count). The minimum Gasteiger partial charge on any atom is -0.438 e. The molecule has 6 nitrogen and oxygen atoms in total. The summed E-state index contributed by atoms with van der Waals surface area (Å²) in [4.78, 5) is 22.6. The van der Waals surface area contributed by atoms with Crippen LogP contribution in [0.5, 0.6) is 11.6 Å². The van der Waals surface area contributed by atoms with Crippen LogP contribution < -0.4 is 10.1 Å². The normalized spacial score (nSPS) is 13.3. The maximum atomic E-state index is 11.3. The molecular formula is C14H10N4O2. The number of anilines is 1. The first-order valence-electron chi connectivity index (χ1n) is 6.18. The topological polar surface area (TPSA) is 79.9 Å². The van der Waals surface area contributed by atoms with Gasteiger partial charge in [0, 0.05) is 11.9 Å². The highest BCUT2D eigenvalue weighted by Gasteiger charge is 2.18. The molecule has 0 saturated carbocycles. The number of rotatable bonds is 2. The van der Waals surface area contributed by atoms with Crippen molar-refractivity contribution in [2.75, 3.05) is 5.32 Å². The van der Waals surface area contributed by atoms with Gasteiger partial charge in [-0.15, -0.1) is 0 Å². The third kappa shape index (κ3) is 1.70. The van der Waals surface area contributed by atoms with Crippen molar-refractivity contribution < 1.29 is 9.53 Å². The Morgan fingerprint density at radius 2 is 2.15 bits per heavy atom. The van der Waals surface area contributed by atoms with Gasteiger partial charge >= 0.3 is 0 Å². The highest BCUT2D eigenvalue weighted by atomic mass is 16.5. The zero-order chi connectivity index (χ0) is 13.5. The predicted molar refractivity (Wildman–Crippen MR) is 72.7 cm³/mol. The van der Waals surface area contributed by atoms with Gasteiger partial charge in [-0.05, 0) is 29.8 Å². The average molecular weight is 266 g/mol. The molecule has 0 spiro atoms. The second kappa shape index (κ2) is 4.06. The number of hydrogen-bond acceptors (Lipinski definition) is 4. The molecule has 2 aromatic heterocycles. The molecule has 3 heterocycles. The van der Waals surface area contributed by atoms with Crippen molar-refractivity contribution in [1.82, 2.24) is 15.0 Å². The maximum absolute atomic E-state index is 11.3. The van der Waals surface area contributed by atoms with E-state index in [4.69, 9.17) is 4.74 Å². The SMILES string of the molecule is O=C1Cc2cc(Oc3ncnc4[nH]ccc34)ccc2N1. The Hall–Kier alpha value is -2.89. The van der Waals surface area contributed by atoms with Gasteiger partial charge in [0.25, 0.3) is 0 Å². The first kappa shape index (κ1) is 11.0. The van der Waals surface area contributed by atoms with Crippen molar-refractivity contribution in [3.63, 3.8) is 0 Å². The number of aromatic nitrogens is 3. The smallest absolute Gasteiger partial charge is 0.231 e. The van der Waals surface area contributed by atoms with Crippen LogP contribution in [0, 0.1) is 0 Å². The summed E-state index contributed by atoms with van der Waals surface area (Å²) in [5, 5.41) is 3.61. The molecule has 0 aliphatic carbocycles. The Bertz CT molecular complexity index is 825. The number of nitrogens with one attached hydrogen (secondary N) is 2. The first-order chi connectivity index (χ1) is 9.79. The number of amides is 1. The van der Waals surface area contributed by atoms with Gasteiger partial charge in [0.05, 0.1) is 11.8 Å². The van der Waals surface area contributed by atoms with E-state index >= 15 is 0 Å². The van der Waals surface area contributed by atoms with Crippen LogP contribution in [-0.2, 0) is 11.2 Å². The Balaban J connectivity index is 1.71. The summed E-state index contributed by atoms with van der Waals surface area (Å²) in [5.74, 6) is 1.15. The molecule has 1 aromatic carbocycles. The summed E-state index contributed by atoms with van der Waals surface area (Å²) in [6.07, 6.45) is 3.62. The van der Waals surface area contributed by atoms with E-state index in [9.17, 15) is 4.79 Å². The highest BCUT2D eigenvalue weighted by Crippen LogP contribution is 2.31. The van der Waals surface area contributed by atoms with E-state index in [2.05, 4.69) is 20.3 Å². The Morgan fingerprint density at radius 3 is 3.10 bits per heavy atom. The van der Waals surface area contributed by atoms with Gasteiger partial charge in [-0.25, -0.2) is 9.97 Å². The largest absolute Gasteiger partial charge is 0.438 e. The van der Waals surface area contributed by atoms with Gasteiger partial charge in [0.1, 0.15) is 17.7 Å². The summed E-state index contributed by atoms with van der Waals surface area (Å²) in [6.45, 7) is 0. The van der Waals surface area contributed by atoms with Crippen LogP contribution in [0.15, 0.2) is 36.8 Å². The van der Waals surface area contributed by atoms with E-state index in [1.807, 2.05) is 24.3 Å². The number of ether oxygens (including phenoxy) is 1. The molecule has 20 heavy (non-hydrogen) atoms. The van der Waals surface area contributed by atoms with Crippen LogP contribution in [0.2, 0.25) is 0 Å². The van der Waals surface area contributed by atoms with E-state index in [1.165, 1.54) is 6.33 Å². The van der Waals surface area contributed by atoms with Crippen LogP contribution in [0.4, 0.5) is 5.69 Å². The fourth-order valence-corrected chi connectivity index (χ4v) is 2.31. The molecule has 0 fully saturated rings. The second-order valence-electron chi connectivity index (χ2n) is 4.56. The van der Waals surface area contributed by atoms with Crippen molar-refractivity contribution in [2.45, 2.75) is 6.42 Å². The van der Waals surface area contributed by atoms with E-state index in [1.54, 1.807) is 6.20 Å². The molecule has 0 atom stereocenters. The second-order valence-corrected chi connectivity index (χ2v) is 4.56. The minimum absolute atomic E-state index is 0.00668. The van der Waals surface area contributed by atoms with Gasteiger partial charge in [0.2, 0.25) is 11.8 Å². The molecule has 3 aromatic rings. The average Bonchev–Trinajstić information content (AvgIpc) is 3.03. The zero-order valence-electron chi connectivity index (χ0n) is 10.4. The highest BCUT2D eigenvalue weighted by molar-refractivity contribution is 5.99. The van der Waals surface area contributed by atoms with Crippen LogP contribution in [0.1, 0.15) is 5.56 Å². The monoisotopic (exact) mass is 266 g/mol. The number of H-pyrrole nitrogens is 1. The minimum atomic E-state index is 0.00668. The van der Waals surface area contributed by atoms with Gasteiger partial charge in [-0.1, -0.05) is 0 Å². The van der Waals surface area contributed by atoms with Crippen LogP contribution in [0.25, 0.3) is 11.0 Å². The van der Waals surface area contributed by atoms with Crippen molar-refractivity contribution in [3.8, 4) is 11.6 Å². The molecule has 2 N–H and O–H groups in total. The maximum Gasteiger partial charge on any atom is 0.231 e. The summed E-state index contributed by atoms with van der Waals surface area (Å²) in [7, 11) is 0. The Labute approximate surface area is 113 Å². The van der Waals surface area contributed by atoms with E-state index in [0.29, 0.717) is 18.1 Å². The molecule has 1 aliphatic heterocycles. The lowest BCUT2D eigenvalue weighted by Crippen LogP contribution is -2.03. The van der Waals surface area contributed by atoms with Crippen molar-refractivity contribution in [3.05, 3.63) is 42.4 Å². The number of hydrogen-bond donors (Lipinski definition) is 2. The molecule has 1 amide bonds. The molecule has 0 bridgehead atoms. The number of fused-ring (bicyclic) bond motifs is 2. The predicted octanol–water partition coefficient (Wildman–Crippen LogP) is 2.24. The fourth-order valence-electron chi connectivity index (χ4n) is 2.31. The van der Waals surface area contributed by atoms with E-state index < -0.39 is 0 Å². The molecule has 6 heteroatoms. The summed E-state index contributed by atoms with van der Waals surface area (Å²) in [6, 6.07) is 7.37. The summed E-state index contributed by atoms with van der Waals surface area (Å²) in [5.41, 5.74) is 2.51. The van der Waals surface area contributed by atoms with Crippen LogP contribution >= 0.6 is 0 Å². The third-order valence-corrected chi connectivity index (χ3v) is 3.23. The first-order valence-corrected chi connectivity index (χ1v) is 6.18. The van der Waals surface area contributed by atoms with Crippen molar-refractivity contribution >= 4 is 22.6 Å². The molecule has 0 radical (unpaired) electrons. The van der Waals surface area contributed by atoms with Crippen molar-refractivity contribution in [2.24, 2.45) is 0 Å². The lowest BCUT2D eigenvalue weighted by molar-refractivity contribution is -0.115. The summed E-state index contributed by atoms with van der Waals surface area (Å²) < 4.78 is 5.80. The van der Waals surface area contributed by atoms with E-state index in [0.717, 1.165) is 22.3 Å². The molecule has 1 aliphatic rings. The fraction of sp³-hybridized carbons (Fsp3) is 0.0714. The van der Waals surface area contributed by atoms with Gasteiger partial charge < -0.3 is 15.0 Å². The van der Waals surface area contributed by atoms with E-state index in [-0.39, 0.29) is 5.91 Å². The standard InChI is InChI=1S/C14H10N4O2/c19-12-6-8-5-9(1-2-11(8)18-12)20-14-10-3-4-15-13(10)16-7-17-14/h1-5,7H,6H2,(H,18,19)(H,15,16,17). The number of aromatic amines is 1. The summed E-state index contributed by atoms with van der Waals surface area (Å²) >= 11 is 0. The quantitative estimate of drug-likeness (QED) is 0.745. The lowest BCUT2D eigenvalue weighted by atomic mass is 10.1. The molecule has 0 unspecified atom stereocenters. The third-order valence-electron chi connectivity index (χ3n) is 3.23. The van der Waals surface area contributed by atoms with Crippen LogP contribution in [0.3, 0.4) is 0 Å². The van der Waals surface area contributed by atoms with Gasteiger partial charge in [-0.2, -0.15) is 0 Å². The van der Waals surface area contributed by atoms with Gasteiger partial charge in [0.15, 0.2) is 0 Å². The number of nitrogens with zero attached hydrogens (tertiary/aromatic N) is 2. The lowest BCUT2D eigenvalue weighted by Gasteiger charge is -2.06. The molecule has 98 valence electrons.